The minimum atomic E-state index is -0.901. The van der Waals surface area contributed by atoms with Crippen LogP contribution in [0, 0.1) is 5.82 Å². The molecule has 0 saturated heterocycles. The number of carbonyl (C=O) groups is 1. The second kappa shape index (κ2) is 6.94. The summed E-state index contributed by atoms with van der Waals surface area (Å²) in [6.45, 7) is 2.78. The lowest BCUT2D eigenvalue weighted by atomic mass is 10.2. The van der Waals surface area contributed by atoms with Gasteiger partial charge in [-0.1, -0.05) is 12.1 Å². The van der Waals surface area contributed by atoms with E-state index < -0.39 is 5.97 Å². The Morgan fingerprint density at radius 2 is 2.10 bits per heavy atom. The summed E-state index contributed by atoms with van der Waals surface area (Å²) in [6, 6.07) is 5.76. The van der Waals surface area contributed by atoms with Gasteiger partial charge in [-0.2, -0.15) is 4.98 Å². The number of carboxylic acids is 1. The number of rotatable bonds is 7. The van der Waals surface area contributed by atoms with Crippen molar-refractivity contribution >= 4 is 5.97 Å². The van der Waals surface area contributed by atoms with Gasteiger partial charge in [0.1, 0.15) is 5.82 Å². The molecular weight excluding hydrogens is 277 g/mol. The monoisotopic (exact) mass is 293 g/mol. The summed E-state index contributed by atoms with van der Waals surface area (Å²) in [5.41, 5.74) is 0.645. The second-order valence-corrected chi connectivity index (χ2v) is 4.62. The summed E-state index contributed by atoms with van der Waals surface area (Å²) >= 11 is 0. The number of nitrogens with zero attached hydrogens (tertiary/aromatic N) is 3. The zero-order valence-corrected chi connectivity index (χ0v) is 11.6. The average molecular weight is 293 g/mol. The maximum Gasteiger partial charge on any atom is 0.317 e. The van der Waals surface area contributed by atoms with Crippen LogP contribution in [0.4, 0.5) is 4.39 Å². The fourth-order valence-corrected chi connectivity index (χ4v) is 1.95. The first kappa shape index (κ1) is 15.1. The number of aromatic nitrogens is 2. The van der Waals surface area contributed by atoms with Gasteiger partial charge in [0.2, 0.25) is 11.7 Å². The lowest BCUT2D eigenvalue weighted by Gasteiger charge is -2.16. The number of hydrogen-bond acceptors (Lipinski definition) is 5. The van der Waals surface area contributed by atoms with Crippen LogP contribution in [0.2, 0.25) is 0 Å². The fraction of sp³-hybridized carbons (Fsp3) is 0.357. The molecule has 0 bridgehead atoms. The first-order valence-corrected chi connectivity index (χ1v) is 6.61. The molecule has 1 aromatic heterocycles. The van der Waals surface area contributed by atoms with Gasteiger partial charge in [-0.3, -0.25) is 9.69 Å². The number of halogens is 1. The van der Waals surface area contributed by atoms with Crippen molar-refractivity contribution in [2.24, 2.45) is 0 Å². The molecule has 0 aliphatic carbocycles. The Kier molecular flexibility index (Phi) is 4.99. The Balaban J connectivity index is 2.07. The van der Waals surface area contributed by atoms with Crippen molar-refractivity contribution in [3.05, 3.63) is 36.0 Å². The smallest absolute Gasteiger partial charge is 0.317 e. The first-order chi connectivity index (χ1) is 10.1. The summed E-state index contributed by atoms with van der Waals surface area (Å²) in [6.07, 6.45) is 0.826. The van der Waals surface area contributed by atoms with Crippen molar-refractivity contribution in [2.75, 3.05) is 13.1 Å². The van der Waals surface area contributed by atoms with Gasteiger partial charge >= 0.3 is 5.97 Å². The van der Waals surface area contributed by atoms with Crippen molar-refractivity contribution < 1.29 is 18.8 Å². The Hall–Kier alpha value is -2.28. The molecule has 1 aromatic carbocycles. The van der Waals surface area contributed by atoms with E-state index in [1.54, 1.807) is 17.0 Å². The Bertz CT molecular complexity index is 598. The van der Waals surface area contributed by atoms with Gasteiger partial charge in [-0.05, 0) is 37.2 Å². The minimum Gasteiger partial charge on any atom is -0.480 e. The molecule has 0 saturated carbocycles. The molecule has 0 unspecified atom stereocenters. The topological polar surface area (TPSA) is 79.5 Å². The highest BCUT2D eigenvalue weighted by Gasteiger charge is 2.15. The number of aliphatic carboxylic acids is 1. The minimum absolute atomic E-state index is 0.0812. The predicted octanol–water partition coefficient (Wildman–Crippen LogP) is 2.17. The van der Waals surface area contributed by atoms with Gasteiger partial charge in [0.05, 0.1) is 13.1 Å². The Morgan fingerprint density at radius 3 is 2.71 bits per heavy atom. The van der Waals surface area contributed by atoms with Crippen LogP contribution in [0.25, 0.3) is 11.4 Å². The lowest BCUT2D eigenvalue weighted by molar-refractivity contribution is -0.138. The number of benzene rings is 1. The molecule has 0 aliphatic heterocycles. The van der Waals surface area contributed by atoms with Gasteiger partial charge in [-0.15, -0.1) is 0 Å². The van der Waals surface area contributed by atoms with Gasteiger partial charge in [0, 0.05) is 5.56 Å². The van der Waals surface area contributed by atoms with Crippen LogP contribution in [0.5, 0.6) is 0 Å². The molecule has 112 valence electrons. The average Bonchev–Trinajstić information content (AvgIpc) is 2.87. The molecule has 0 atom stereocenters. The maximum absolute atomic E-state index is 12.9. The number of carboxylic acid groups (broad SMARTS) is 1. The number of hydrogen-bond donors (Lipinski definition) is 1. The summed E-state index contributed by atoms with van der Waals surface area (Å²) in [4.78, 5) is 16.7. The van der Waals surface area contributed by atoms with E-state index in [0.29, 0.717) is 23.8 Å². The van der Waals surface area contributed by atoms with E-state index in [9.17, 15) is 9.18 Å². The van der Waals surface area contributed by atoms with Crippen LogP contribution in [-0.2, 0) is 11.3 Å². The van der Waals surface area contributed by atoms with E-state index in [0.717, 1.165) is 6.42 Å². The molecule has 0 amide bonds. The normalized spacial score (nSPS) is 11.0. The Labute approximate surface area is 121 Å². The summed E-state index contributed by atoms with van der Waals surface area (Å²) in [5, 5.41) is 12.7. The SMILES string of the molecule is CCCN(CC(=O)O)Cc1nc(-c2ccc(F)cc2)no1. The molecule has 1 heterocycles. The van der Waals surface area contributed by atoms with Crippen LogP contribution >= 0.6 is 0 Å². The summed E-state index contributed by atoms with van der Waals surface area (Å²) < 4.78 is 18.0. The largest absolute Gasteiger partial charge is 0.480 e. The third-order valence-electron chi connectivity index (χ3n) is 2.83. The molecule has 0 spiro atoms. The standard InChI is InChI=1S/C14H16FN3O3/c1-2-7-18(9-13(19)20)8-12-16-14(17-21-12)10-3-5-11(15)6-4-10/h3-6H,2,7-9H2,1H3,(H,19,20). The van der Waals surface area contributed by atoms with E-state index >= 15 is 0 Å². The zero-order valence-electron chi connectivity index (χ0n) is 11.6. The van der Waals surface area contributed by atoms with Crippen LogP contribution in [0.15, 0.2) is 28.8 Å². The van der Waals surface area contributed by atoms with E-state index in [1.807, 2.05) is 6.92 Å². The molecule has 6 nitrogen and oxygen atoms in total. The van der Waals surface area contributed by atoms with Gasteiger partial charge in [-0.25, -0.2) is 4.39 Å². The predicted molar refractivity (Wildman–Crippen MR) is 72.9 cm³/mol. The fourth-order valence-electron chi connectivity index (χ4n) is 1.95. The molecule has 21 heavy (non-hydrogen) atoms. The zero-order chi connectivity index (χ0) is 15.2. The first-order valence-electron chi connectivity index (χ1n) is 6.61. The molecular formula is C14H16FN3O3. The van der Waals surface area contributed by atoms with Crippen LogP contribution in [-0.4, -0.2) is 39.2 Å². The molecule has 0 radical (unpaired) electrons. The van der Waals surface area contributed by atoms with E-state index in [-0.39, 0.29) is 18.9 Å². The molecule has 0 fully saturated rings. The van der Waals surface area contributed by atoms with Gasteiger partial charge in [0.25, 0.3) is 0 Å². The highest BCUT2D eigenvalue weighted by atomic mass is 19.1. The molecule has 2 rings (SSSR count). The van der Waals surface area contributed by atoms with E-state index in [4.69, 9.17) is 9.63 Å². The molecule has 0 aliphatic rings. The highest BCUT2D eigenvalue weighted by Crippen LogP contribution is 2.16. The van der Waals surface area contributed by atoms with Gasteiger partial charge < -0.3 is 9.63 Å². The summed E-state index contributed by atoms with van der Waals surface area (Å²) in [5.74, 6) is -0.541. The molecule has 7 heteroatoms. The van der Waals surface area contributed by atoms with Crippen LogP contribution < -0.4 is 0 Å². The molecule has 2 aromatic rings. The van der Waals surface area contributed by atoms with Crippen molar-refractivity contribution in [3.63, 3.8) is 0 Å². The van der Waals surface area contributed by atoms with Crippen LogP contribution in [0.3, 0.4) is 0 Å². The Morgan fingerprint density at radius 1 is 1.38 bits per heavy atom. The quantitative estimate of drug-likeness (QED) is 0.842. The van der Waals surface area contributed by atoms with E-state index in [2.05, 4.69) is 10.1 Å². The van der Waals surface area contributed by atoms with Crippen molar-refractivity contribution in [3.8, 4) is 11.4 Å². The van der Waals surface area contributed by atoms with Crippen molar-refractivity contribution in [1.82, 2.24) is 15.0 Å². The van der Waals surface area contributed by atoms with Crippen molar-refractivity contribution in [1.29, 1.82) is 0 Å². The second-order valence-electron chi connectivity index (χ2n) is 4.62. The highest BCUT2D eigenvalue weighted by molar-refractivity contribution is 5.69. The van der Waals surface area contributed by atoms with Crippen molar-refractivity contribution in [2.45, 2.75) is 19.9 Å². The lowest BCUT2D eigenvalue weighted by Crippen LogP contribution is -2.30. The van der Waals surface area contributed by atoms with Crippen LogP contribution in [0.1, 0.15) is 19.2 Å². The summed E-state index contributed by atoms with van der Waals surface area (Å²) in [7, 11) is 0. The van der Waals surface area contributed by atoms with Gasteiger partial charge in [0.15, 0.2) is 0 Å². The third kappa shape index (κ3) is 4.35. The third-order valence-corrected chi connectivity index (χ3v) is 2.83. The van der Waals surface area contributed by atoms with E-state index in [1.165, 1.54) is 12.1 Å². The molecule has 1 N–H and O–H groups in total. The maximum atomic E-state index is 12.9.